The molecule has 0 rings (SSSR count). The van der Waals surface area contributed by atoms with Crippen molar-refractivity contribution in [2.24, 2.45) is 5.90 Å². The predicted molar refractivity (Wildman–Crippen MR) is 101 cm³/mol. The molecule has 0 bridgehead atoms. The van der Waals surface area contributed by atoms with E-state index in [9.17, 15) is 0 Å². The van der Waals surface area contributed by atoms with Gasteiger partial charge in [0.25, 0.3) is 0 Å². The van der Waals surface area contributed by atoms with E-state index in [1.54, 1.807) is 0 Å². The van der Waals surface area contributed by atoms with Gasteiger partial charge in [-0.2, -0.15) is 0 Å². The van der Waals surface area contributed by atoms with E-state index >= 15 is 0 Å². The van der Waals surface area contributed by atoms with E-state index in [2.05, 4.69) is 11.8 Å². The molecule has 0 spiro atoms. The van der Waals surface area contributed by atoms with Crippen LogP contribution in [0.2, 0.25) is 0 Å². The normalized spacial score (nSPS) is 11.3. The lowest BCUT2D eigenvalue weighted by atomic mass is 10.1. The largest absolute Gasteiger partial charge is 0.379 e. The fourth-order valence-electron chi connectivity index (χ4n) is 2.38. The summed E-state index contributed by atoms with van der Waals surface area (Å²) in [4.78, 5) is 4.38. The van der Waals surface area contributed by atoms with Crippen LogP contribution in [0.15, 0.2) is 0 Å². The SMILES string of the molecule is CCCCCCCCCCCOCCOCCOCCOCCON. The second kappa shape index (κ2) is 23.8. The summed E-state index contributed by atoms with van der Waals surface area (Å²) in [5.41, 5.74) is 0. The van der Waals surface area contributed by atoms with Crippen molar-refractivity contribution in [2.45, 2.75) is 64.7 Å². The van der Waals surface area contributed by atoms with Crippen LogP contribution in [0.3, 0.4) is 0 Å². The van der Waals surface area contributed by atoms with Crippen molar-refractivity contribution in [3.05, 3.63) is 0 Å². The average molecular weight is 364 g/mol. The maximum absolute atomic E-state index is 5.57. The van der Waals surface area contributed by atoms with Crippen LogP contribution in [0.5, 0.6) is 0 Å². The molecule has 0 saturated carbocycles. The van der Waals surface area contributed by atoms with Gasteiger partial charge in [-0.05, 0) is 6.42 Å². The van der Waals surface area contributed by atoms with Crippen molar-refractivity contribution < 1.29 is 23.8 Å². The van der Waals surface area contributed by atoms with Crippen molar-refractivity contribution >= 4 is 0 Å². The van der Waals surface area contributed by atoms with E-state index in [4.69, 9.17) is 24.8 Å². The molecule has 0 saturated heterocycles. The van der Waals surface area contributed by atoms with Gasteiger partial charge in [-0.25, -0.2) is 5.90 Å². The lowest BCUT2D eigenvalue weighted by Crippen LogP contribution is -2.14. The van der Waals surface area contributed by atoms with Crippen LogP contribution in [-0.4, -0.2) is 59.5 Å². The zero-order valence-electron chi connectivity index (χ0n) is 16.3. The zero-order valence-corrected chi connectivity index (χ0v) is 16.3. The second-order valence-corrected chi connectivity index (χ2v) is 6.15. The smallest absolute Gasteiger partial charge is 0.0913 e. The highest BCUT2D eigenvalue weighted by Crippen LogP contribution is 2.09. The third kappa shape index (κ3) is 23.8. The molecule has 0 aromatic rings. The molecular weight excluding hydrogens is 322 g/mol. The quantitative estimate of drug-likeness (QED) is 0.234. The van der Waals surface area contributed by atoms with Gasteiger partial charge in [0.15, 0.2) is 0 Å². The van der Waals surface area contributed by atoms with Crippen molar-refractivity contribution in [3.63, 3.8) is 0 Å². The first-order chi connectivity index (χ1) is 12.4. The van der Waals surface area contributed by atoms with E-state index in [0.717, 1.165) is 13.0 Å². The molecule has 0 unspecified atom stereocenters. The maximum Gasteiger partial charge on any atom is 0.0913 e. The molecule has 152 valence electrons. The lowest BCUT2D eigenvalue weighted by Gasteiger charge is -2.07. The number of unbranched alkanes of at least 4 members (excludes halogenated alkanes) is 8. The van der Waals surface area contributed by atoms with Gasteiger partial charge < -0.3 is 23.8 Å². The predicted octanol–water partition coefficient (Wildman–Crippen LogP) is 3.47. The molecule has 0 amide bonds. The van der Waals surface area contributed by atoms with E-state index in [0.29, 0.717) is 52.9 Å². The molecule has 6 heteroatoms. The minimum absolute atomic E-state index is 0.405. The molecule has 0 aliphatic carbocycles. The monoisotopic (exact) mass is 363 g/mol. The minimum atomic E-state index is 0.405. The van der Waals surface area contributed by atoms with Gasteiger partial charge in [0.05, 0.1) is 52.9 Å². The third-order valence-corrected chi connectivity index (χ3v) is 3.85. The van der Waals surface area contributed by atoms with Gasteiger partial charge in [0.1, 0.15) is 0 Å². The standard InChI is InChI=1S/C19H41NO5/c1-2-3-4-5-6-7-8-9-10-11-21-12-13-22-14-15-23-16-17-24-18-19-25-20/h2-20H2,1H3. The van der Waals surface area contributed by atoms with Crippen molar-refractivity contribution in [3.8, 4) is 0 Å². The summed E-state index contributed by atoms with van der Waals surface area (Å²) in [6, 6.07) is 0. The summed E-state index contributed by atoms with van der Waals surface area (Å²) in [5.74, 6) is 4.88. The molecule has 0 fully saturated rings. The van der Waals surface area contributed by atoms with Crippen molar-refractivity contribution in [1.29, 1.82) is 0 Å². The van der Waals surface area contributed by atoms with E-state index < -0.39 is 0 Å². The van der Waals surface area contributed by atoms with Crippen LogP contribution >= 0.6 is 0 Å². The Balaban J connectivity index is 2.94. The van der Waals surface area contributed by atoms with Gasteiger partial charge in [-0.15, -0.1) is 0 Å². The fourth-order valence-corrected chi connectivity index (χ4v) is 2.38. The lowest BCUT2D eigenvalue weighted by molar-refractivity contribution is -0.0114. The Morgan fingerprint density at radius 3 is 1.24 bits per heavy atom. The van der Waals surface area contributed by atoms with Crippen LogP contribution in [0.4, 0.5) is 0 Å². The van der Waals surface area contributed by atoms with Gasteiger partial charge in [0.2, 0.25) is 0 Å². The zero-order chi connectivity index (χ0) is 18.3. The number of nitrogens with two attached hydrogens (primary N) is 1. The summed E-state index contributed by atoms with van der Waals surface area (Å²) in [6.45, 7) is 7.58. The number of hydrogen-bond acceptors (Lipinski definition) is 6. The Morgan fingerprint density at radius 2 is 0.800 bits per heavy atom. The maximum atomic E-state index is 5.57. The first kappa shape index (κ1) is 24.8. The molecule has 2 N–H and O–H groups in total. The van der Waals surface area contributed by atoms with Crippen molar-refractivity contribution in [1.82, 2.24) is 0 Å². The van der Waals surface area contributed by atoms with E-state index in [1.165, 1.54) is 51.4 Å². The molecule has 0 heterocycles. The number of rotatable bonds is 22. The highest BCUT2D eigenvalue weighted by Gasteiger charge is 1.94. The van der Waals surface area contributed by atoms with E-state index in [1.807, 2.05) is 0 Å². The molecular formula is C19H41NO5. The first-order valence-corrected chi connectivity index (χ1v) is 10.0. The topological polar surface area (TPSA) is 72.2 Å². The fraction of sp³-hybridized carbons (Fsp3) is 1.00. The summed E-state index contributed by atoms with van der Waals surface area (Å²) >= 11 is 0. The van der Waals surface area contributed by atoms with Crippen molar-refractivity contribution in [2.75, 3.05) is 59.5 Å². The molecule has 0 atom stereocenters. The Bertz CT molecular complexity index is 210. The first-order valence-electron chi connectivity index (χ1n) is 10.0. The van der Waals surface area contributed by atoms with Crippen LogP contribution < -0.4 is 5.90 Å². The highest BCUT2D eigenvalue weighted by atomic mass is 16.6. The number of ether oxygens (including phenoxy) is 4. The van der Waals surface area contributed by atoms with Crippen LogP contribution in [0.1, 0.15) is 64.7 Å². The minimum Gasteiger partial charge on any atom is -0.379 e. The second-order valence-electron chi connectivity index (χ2n) is 6.15. The van der Waals surface area contributed by atoms with E-state index in [-0.39, 0.29) is 0 Å². The van der Waals surface area contributed by atoms with Gasteiger partial charge >= 0.3 is 0 Å². The number of hydrogen-bond donors (Lipinski definition) is 1. The van der Waals surface area contributed by atoms with Gasteiger partial charge in [-0.1, -0.05) is 58.3 Å². The molecule has 0 aromatic carbocycles. The van der Waals surface area contributed by atoms with Crippen LogP contribution in [0.25, 0.3) is 0 Å². The Morgan fingerprint density at radius 1 is 0.440 bits per heavy atom. The molecule has 6 nitrogen and oxygen atoms in total. The van der Waals surface area contributed by atoms with Gasteiger partial charge in [0, 0.05) is 6.61 Å². The third-order valence-electron chi connectivity index (χ3n) is 3.85. The molecule has 25 heavy (non-hydrogen) atoms. The van der Waals surface area contributed by atoms with Crippen LogP contribution in [-0.2, 0) is 23.8 Å². The summed E-state index contributed by atoms with van der Waals surface area (Å²) in [5, 5.41) is 0. The molecule has 0 aliphatic heterocycles. The Hall–Kier alpha value is -0.240. The Kier molecular flexibility index (Phi) is 23.5. The summed E-state index contributed by atoms with van der Waals surface area (Å²) in [7, 11) is 0. The molecule has 0 aromatic heterocycles. The Labute approximate surface area is 154 Å². The molecule has 0 radical (unpaired) electrons. The van der Waals surface area contributed by atoms with Gasteiger partial charge in [-0.3, -0.25) is 0 Å². The molecule has 0 aliphatic rings. The average Bonchev–Trinajstić information content (AvgIpc) is 2.63. The van der Waals surface area contributed by atoms with Crippen LogP contribution in [0, 0.1) is 0 Å². The summed E-state index contributed by atoms with van der Waals surface area (Å²) < 4.78 is 21.6. The summed E-state index contributed by atoms with van der Waals surface area (Å²) in [6.07, 6.45) is 12.1. The highest BCUT2D eigenvalue weighted by molar-refractivity contribution is 4.46.